The van der Waals surface area contributed by atoms with E-state index in [1.165, 1.54) is 0 Å². The zero-order chi connectivity index (χ0) is 13.9. The molecule has 2 aliphatic rings. The molecule has 2 fully saturated rings. The van der Waals surface area contributed by atoms with E-state index in [0.29, 0.717) is 12.8 Å². The molecule has 2 rings (SSSR count). The highest BCUT2D eigenvalue weighted by Crippen LogP contribution is 2.26. The van der Waals surface area contributed by atoms with E-state index < -0.39 is 15.1 Å². The summed E-state index contributed by atoms with van der Waals surface area (Å²) in [5, 5.41) is 0.0935. The Balaban J connectivity index is 2.12. The molecule has 0 bridgehead atoms. The fraction of sp³-hybridized carbons (Fsp3) is 0.923. The van der Waals surface area contributed by atoms with Gasteiger partial charge in [-0.3, -0.25) is 4.79 Å². The van der Waals surface area contributed by atoms with Crippen LogP contribution in [-0.2, 0) is 14.6 Å². The smallest absolute Gasteiger partial charge is 0.241 e. The normalized spacial score (nSPS) is 31.1. The molecule has 0 saturated carbocycles. The van der Waals surface area contributed by atoms with E-state index in [9.17, 15) is 13.2 Å². The number of halogens is 1. The van der Waals surface area contributed by atoms with Gasteiger partial charge in [0.2, 0.25) is 5.91 Å². The fourth-order valence-corrected chi connectivity index (χ4v) is 5.52. The summed E-state index contributed by atoms with van der Waals surface area (Å²) in [5.41, 5.74) is 0. The van der Waals surface area contributed by atoms with Gasteiger partial charge in [-0.2, -0.15) is 0 Å². The summed E-state index contributed by atoms with van der Waals surface area (Å²) >= 11 is 3.42. The van der Waals surface area contributed by atoms with E-state index in [1.807, 2.05) is 4.90 Å². The van der Waals surface area contributed by atoms with Crippen LogP contribution in [0.4, 0.5) is 0 Å². The maximum absolute atomic E-state index is 12.6. The number of likely N-dealkylation sites (tertiary alicyclic amines) is 1. The molecular weight excluding hydrogens is 330 g/mol. The highest BCUT2D eigenvalue weighted by atomic mass is 79.9. The van der Waals surface area contributed by atoms with Gasteiger partial charge >= 0.3 is 0 Å². The number of rotatable bonds is 3. The molecule has 0 aromatic heterocycles. The SMILES string of the molecule is O=C(C1CCCCS1(=O)=O)N1CCCCC1CCBr. The Bertz CT molecular complexity index is 422. The molecule has 0 N–H and O–H groups in total. The van der Waals surface area contributed by atoms with Gasteiger partial charge in [0.1, 0.15) is 5.25 Å². The Morgan fingerprint density at radius 1 is 1.16 bits per heavy atom. The zero-order valence-corrected chi connectivity index (χ0v) is 13.6. The number of carbonyl (C=O) groups excluding carboxylic acids is 1. The van der Waals surface area contributed by atoms with Crippen molar-refractivity contribution in [2.45, 2.75) is 56.2 Å². The summed E-state index contributed by atoms with van der Waals surface area (Å²) in [6.45, 7) is 0.725. The molecule has 0 radical (unpaired) electrons. The van der Waals surface area contributed by atoms with Crippen molar-refractivity contribution in [2.75, 3.05) is 17.6 Å². The van der Waals surface area contributed by atoms with E-state index in [2.05, 4.69) is 15.9 Å². The number of piperidine rings is 1. The molecule has 2 heterocycles. The number of hydrogen-bond donors (Lipinski definition) is 0. The molecule has 1 amide bonds. The third-order valence-corrected chi connectivity index (χ3v) is 6.83. The molecule has 19 heavy (non-hydrogen) atoms. The van der Waals surface area contributed by atoms with E-state index in [-0.39, 0.29) is 17.7 Å². The summed E-state index contributed by atoms with van der Waals surface area (Å²) in [5.74, 6) is 0.0470. The Morgan fingerprint density at radius 3 is 2.58 bits per heavy atom. The molecule has 0 spiro atoms. The third kappa shape index (κ3) is 3.51. The maximum Gasteiger partial charge on any atom is 0.241 e. The van der Waals surface area contributed by atoms with E-state index in [4.69, 9.17) is 0 Å². The number of amides is 1. The van der Waals surface area contributed by atoms with Crippen LogP contribution in [0.25, 0.3) is 0 Å². The first-order chi connectivity index (χ1) is 9.06. The quantitative estimate of drug-likeness (QED) is 0.731. The molecule has 6 heteroatoms. The monoisotopic (exact) mass is 351 g/mol. The molecular formula is C13H22BrNO3S. The summed E-state index contributed by atoms with van der Waals surface area (Å²) in [6, 6.07) is 0.220. The Labute approximate surface area is 124 Å². The van der Waals surface area contributed by atoms with Gasteiger partial charge in [0.05, 0.1) is 5.75 Å². The predicted octanol–water partition coefficient (Wildman–Crippen LogP) is 2.12. The number of hydrogen-bond acceptors (Lipinski definition) is 3. The molecule has 0 aromatic carbocycles. The third-order valence-electron chi connectivity index (χ3n) is 4.21. The van der Waals surface area contributed by atoms with E-state index in [1.54, 1.807) is 0 Å². The van der Waals surface area contributed by atoms with Crippen molar-refractivity contribution in [2.24, 2.45) is 0 Å². The Kier molecular flexibility index (Phi) is 5.29. The molecule has 4 nitrogen and oxygen atoms in total. The second-order valence-corrected chi connectivity index (χ2v) is 8.61. The van der Waals surface area contributed by atoms with Crippen molar-refractivity contribution in [3.63, 3.8) is 0 Å². The van der Waals surface area contributed by atoms with Crippen LogP contribution >= 0.6 is 15.9 Å². The topological polar surface area (TPSA) is 54.5 Å². The van der Waals surface area contributed by atoms with Gasteiger partial charge in [0, 0.05) is 17.9 Å². The van der Waals surface area contributed by atoms with Gasteiger partial charge in [-0.05, 0) is 38.5 Å². The van der Waals surface area contributed by atoms with Crippen molar-refractivity contribution >= 4 is 31.7 Å². The van der Waals surface area contributed by atoms with Crippen LogP contribution in [0.2, 0.25) is 0 Å². The van der Waals surface area contributed by atoms with Gasteiger partial charge in [-0.15, -0.1) is 0 Å². The first-order valence-electron chi connectivity index (χ1n) is 7.14. The number of carbonyl (C=O) groups is 1. The minimum Gasteiger partial charge on any atom is -0.339 e. The van der Waals surface area contributed by atoms with Crippen LogP contribution in [0.3, 0.4) is 0 Å². The first kappa shape index (κ1) is 15.3. The summed E-state index contributed by atoms with van der Waals surface area (Å²) in [7, 11) is -3.21. The summed E-state index contributed by atoms with van der Waals surface area (Å²) < 4.78 is 24.1. The average molecular weight is 352 g/mol. The van der Waals surface area contributed by atoms with Crippen LogP contribution in [-0.4, -0.2) is 48.1 Å². The van der Waals surface area contributed by atoms with Crippen molar-refractivity contribution < 1.29 is 13.2 Å². The number of sulfone groups is 1. The molecule has 2 aliphatic heterocycles. The first-order valence-corrected chi connectivity index (χ1v) is 9.98. The molecule has 0 aromatic rings. The van der Waals surface area contributed by atoms with Gasteiger partial charge in [0.25, 0.3) is 0 Å². The standard InChI is InChI=1S/C13H22BrNO3S/c14-8-7-11-5-1-3-9-15(11)13(16)12-6-2-4-10-19(12,17)18/h11-12H,1-10H2. The summed E-state index contributed by atoms with van der Waals surface area (Å²) in [6.07, 6.45) is 6.13. The zero-order valence-electron chi connectivity index (χ0n) is 11.2. The average Bonchev–Trinajstić information content (AvgIpc) is 2.38. The lowest BCUT2D eigenvalue weighted by Crippen LogP contribution is -2.51. The lowest BCUT2D eigenvalue weighted by Gasteiger charge is -2.38. The highest BCUT2D eigenvalue weighted by molar-refractivity contribution is 9.09. The van der Waals surface area contributed by atoms with Gasteiger partial charge < -0.3 is 4.90 Å². The number of nitrogens with zero attached hydrogens (tertiary/aromatic N) is 1. The lowest BCUT2D eigenvalue weighted by molar-refractivity contribution is -0.134. The van der Waals surface area contributed by atoms with Crippen LogP contribution in [0, 0.1) is 0 Å². The summed E-state index contributed by atoms with van der Waals surface area (Å²) in [4.78, 5) is 14.4. The van der Waals surface area contributed by atoms with E-state index >= 15 is 0 Å². The highest BCUT2D eigenvalue weighted by Gasteiger charge is 2.39. The second kappa shape index (κ2) is 6.57. The lowest BCUT2D eigenvalue weighted by atomic mass is 9.99. The molecule has 2 unspecified atom stereocenters. The van der Waals surface area contributed by atoms with Crippen LogP contribution in [0.5, 0.6) is 0 Å². The largest absolute Gasteiger partial charge is 0.339 e. The van der Waals surface area contributed by atoms with Gasteiger partial charge in [0.15, 0.2) is 9.84 Å². The van der Waals surface area contributed by atoms with Crippen LogP contribution < -0.4 is 0 Å². The second-order valence-electron chi connectivity index (χ2n) is 5.51. The molecule has 2 atom stereocenters. The minimum atomic E-state index is -3.21. The maximum atomic E-state index is 12.6. The number of alkyl halides is 1. The van der Waals surface area contributed by atoms with Crippen molar-refractivity contribution in [3.05, 3.63) is 0 Å². The van der Waals surface area contributed by atoms with Crippen molar-refractivity contribution in [1.29, 1.82) is 0 Å². The minimum absolute atomic E-state index is 0.134. The van der Waals surface area contributed by atoms with Crippen LogP contribution in [0.1, 0.15) is 44.9 Å². The van der Waals surface area contributed by atoms with Gasteiger partial charge in [-0.25, -0.2) is 8.42 Å². The molecule has 110 valence electrons. The van der Waals surface area contributed by atoms with Crippen molar-refractivity contribution in [3.8, 4) is 0 Å². The Hall–Kier alpha value is -0.100. The molecule has 0 aliphatic carbocycles. The predicted molar refractivity (Wildman–Crippen MR) is 79.2 cm³/mol. The van der Waals surface area contributed by atoms with Crippen LogP contribution in [0.15, 0.2) is 0 Å². The Morgan fingerprint density at radius 2 is 1.89 bits per heavy atom. The molecule has 2 saturated heterocycles. The van der Waals surface area contributed by atoms with Gasteiger partial charge in [-0.1, -0.05) is 22.4 Å². The van der Waals surface area contributed by atoms with Crippen molar-refractivity contribution in [1.82, 2.24) is 4.90 Å². The fourth-order valence-electron chi connectivity index (χ4n) is 3.13. The van der Waals surface area contributed by atoms with E-state index in [0.717, 1.165) is 44.0 Å².